The molecule has 0 bridgehead atoms. The van der Waals surface area contributed by atoms with E-state index in [1.807, 2.05) is 81.4 Å². The summed E-state index contributed by atoms with van der Waals surface area (Å²) >= 11 is 0. The van der Waals surface area contributed by atoms with Crippen molar-refractivity contribution in [2.75, 3.05) is 39.4 Å². The summed E-state index contributed by atoms with van der Waals surface area (Å²) in [5, 5.41) is 11.6. The zero-order valence-corrected chi connectivity index (χ0v) is 25.1. The predicted molar refractivity (Wildman–Crippen MR) is 165 cm³/mol. The third-order valence-corrected chi connectivity index (χ3v) is 7.79. The molecular weight excluding hydrogens is 544 g/mol. The molecule has 0 aliphatic carbocycles. The molecule has 1 unspecified atom stereocenters. The summed E-state index contributed by atoms with van der Waals surface area (Å²) in [4.78, 5) is 30.9. The van der Waals surface area contributed by atoms with Crippen LogP contribution in [0.5, 0.6) is 11.5 Å². The summed E-state index contributed by atoms with van der Waals surface area (Å²) in [7, 11) is 0. The number of carbonyl (C=O) groups excluding carboxylic acids is 2. The molecule has 2 aliphatic rings. The summed E-state index contributed by atoms with van der Waals surface area (Å²) in [6.07, 6.45) is 0.698. The molecule has 2 aliphatic heterocycles. The number of aryl methyl sites for hydroxylation is 1. The lowest BCUT2D eigenvalue weighted by atomic mass is 9.93. The van der Waals surface area contributed by atoms with Crippen molar-refractivity contribution in [3.63, 3.8) is 0 Å². The van der Waals surface area contributed by atoms with Crippen LogP contribution in [-0.4, -0.2) is 72.1 Å². The molecule has 43 heavy (non-hydrogen) atoms. The zero-order chi connectivity index (χ0) is 30.3. The van der Waals surface area contributed by atoms with Crippen molar-refractivity contribution < 1.29 is 28.9 Å². The van der Waals surface area contributed by atoms with Gasteiger partial charge in [-0.05, 0) is 74.2 Å². The average molecular weight is 585 g/mol. The normalized spacial score (nSPS) is 18.8. The number of hydrogen-bond donors (Lipinski definition) is 1. The third-order valence-electron chi connectivity index (χ3n) is 7.79. The van der Waals surface area contributed by atoms with Gasteiger partial charge in [0.1, 0.15) is 23.9 Å². The SMILES string of the molecule is Cc1cc(OC(C)C)ccc1C(O)=C1C(=O)C(=O)N(CCCN2CCOCC2)C1c1ccc(OCc2ccccc2)cc1. The molecule has 1 amide bonds. The fraction of sp³-hybridized carbons (Fsp3) is 0.371. The molecule has 1 N–H and O–H groups in total. The van der Waals surface area contributed by atoms with Gasteiger partial charge in [0.05, 0.1) is 30.9 Å². The van der Waals surface area contributed by atoms with E-state index in [2.05, 4.69) is 4.90 Å². The summed E-state index contributed by atoms with van der Waals surface area (Å²) in [6.45, 7) is 10.4. The summed E-state index contributed by atoms with van der Waals surface area (Å²) in [6, 6.07) is 21.9. The molecule has 3 aromatic carbocycles. The van der Waals surface area contributed by atoms with E-state index in [9.17, 15) is 14.7 Å². The van der Waals surface area contributed by atoms with E-state index in [4.69, 9.17) is 14.2 Å². The standard InChI is InChI=1S/C35H40N2O6/c1-24(2)43-29-14-15-30(25(3)22-29)33(38)31-32(27-10-12-28(13-11-27)42-23-26-8-5-4-6-9-26)37(35(40)34(31)39)17-7-16-36-18-20-41-21-19-36/h4-6,8-15,22,24,32,38H,7,16-21,23H2,1-3H3. The fourth-order valence-corrected chi connectivity index (χ4v) is 5.63. The average Bonchev–Trinajstić information content (AvgIpc) is 3.26. The van der Waals surface area contributed by atoms with Crippen LogP contribution in [0.25, 0.3) is 5.76 Å². The van der Waals surface area contributed by atoms with Crippen molar-refractivity contribution in [2.45, 2.75) is 45.9 Å². The highest BCUT2D eigenvalue weighted by Gasteiger charge is 2.46. The first-order valence-corrected chi connectivity index (χ1v) is 14.9. The molecule has 8 nitrogen and oxygen atoms in total. The lowest BCUT2D eigenvalue weighted by molar-refractivity contribution is -0.140. The smallest absolute Gasteiger partial charge is 0.295 e. The molecule has 1 atom stereocenters. The minimum atomic E-state index is -0.723. The van der Waals surface area contributed by atoms with Crippen LogP contribution in [0.1, 0.15) is 48.6 Å². The van der Waals surface area contributed by atoms with Crippen molar-refractivity contribution in [3.8, 4) is 11.5 Å². The first kappa shape index (κ1) is 30.3. The Bertz CT molecular complexity index is 1440. The lowest BCUT2D eigenvalue weighted by Crippen LogP contribution is -2.38. The molecular formula is C35H40N2O6. The highest BCUT2D eigenvalue weighted by Crippen LogP contribution is 2.40. The van der Waals surface area contributed by atoms with E-state index in [0.29, 0.717) is 49.8 Å². The molecule has 0 spiro atoms. The van der Waals surface area contributed by atoms with E-state index in [1.54, 1.807) is 17.0 Å². The summed E-state index contributed by atoms with van der Waals surface area (Å²) < 4.78 is 17.2. The van der Waals surface area contributed by atoms with Crippen LogP contribution in [-0.2, 0) is 20.9 Å². The highest BCUT2D eigenvalue weighted by atomic mass is 16.5. The van der Waals surface area contributed by atoms with Crippen LogP contribution in [0.15, 0.2) is 78.4 Å². The van der Waals surface area contributed by atoms with Gasteiger partial charge in [-0.25, -0.2) is 0 Å². The van der Waals surface area contributed by atoms with Gasteiger partial charge in [-0.2, -0.15) is 0 Å². The molecule has 0 aromatic heterocycles. The van der Waals surface area contributed by atoms with Crippen molar-refractivity contribution >= 4 is 17.4 Å². The second-order valence-electron chi connectivity index (χ2n) is 11.3. The Hall–Kier alpha value is -4.14. The van der Waals surface area contributed by atoms with Crippen LogP contribution in [0, 0.1) is 6.92 Å². The Morgan fingerprint density at radius 2 is 1.65 bits per heavy atom. The molecule has 0 saturated carbocycles. The molecule has 226 valence electrons. The van der Waals surface area contributed by atoms with Crippen LogP contribution < -0.4 is 9.47 Å². The fourth-order valence-electron chi connectivity index (χ4n) is 5.63. The van der Waals surface area contributed by atoms with Crippen molar-refractivity contribution in [1.29, 1.82) is 0 Å². The quantitative estimate of drug-likeness (QED) is 0.181. The number of hydrogen-bond acceptors (Lipinski definition) is 7. The van der Waals surface area contributed by atoms with E-state index < -0.39 is 17.7 Å². The zero-order valence-electron chi connectivity index (χ0n) is 25.1. The Kier molecular flexibility index (Phi) is 9.79. The van der Waals surface area contributed by atoms with E-state index >= 15 is 0 Å². The molecule has 5 rings (SSSR count). The number of ether oxygens (including phenoxy) is 3. The summed E-state index contributed by atoms with van der Waals surface area (Å²) in [5.41, 5.74) is 3.12. The number of rotatable bonds is 11. The maximum absolute atomic E-state index is 13.5. The van der Waals surface area contributed by atoms with Gasteiger partial charge in [0.2, 0.25) is 0 Å². The molecule has 8 heteroatoms. The molecule has 2 heterocycles. The second-order valence-corrected chi connectivity index (χ2v) is 11.3. The largest absolute Gasteiger partial charge is 0.507 e. The highest BCUT2D eigenvalue weighted by molar-refractivity contribution is 6.46. The van der Waals surface area contributed by atoms with Gasteiger partial charge in [0.25, 0.3) is 11.7 Å². The number of nitrogens with zero attached hydrogens (tertiary/aromatic N) is 2. The number of morpholine rings is 1. The minimum absolute atomic E-state index is 0.00118. The minimum Gasteiger partial charge on any atom is -0.507 e. The van der Waals surface area contributed by atoms with Crippen molar-refractivity contribution in [1.82, 2.24) is 9.80 Å². The van der Waals surface area contributed by atoms with Gasteiger partial charge in [0.15, 0.2) is 0 Å². The van der Waals surface area contributed by atoms with Gasteiger partial charge < -0.3 is 24.2 Å². The number of benzene rings is 3. The van der Waals surface area contributed by atoms with Gasteiger partial charge >= 0.3 is 0 Å². The third kappa shape index (κ3) is 7.27. The van der Waals surface area contributed by atoms with Gasteiger partial charge in [-0.1, -0.05) is 42.5 Å². The molecule has 0 radical (unpaired) electrons. The first-order valence-electron chi connectivity index (χ1n) is 14.9. The van der Waals surface area contributed by atoms with Crippen molar-refractivity contribution in [3.05, 3.63) is 101 Å². The monoisotopic (exact) mass is 584 g/mol. The summed E-state index contributed by atoms with van der Waals surface area (Å²) in [5.74, 6) is -0.115. The molecule has 2 saturated heterocycles. The van der Waals surface area contributed by atoms with Crippen LogP contribution in [0.2, 0.25) is 0 Å². The van der Waals surface area contributed by atoms with Gasteiger partial charge in [-0.3, -0.25) is 14.5 Å². The molecule has 2 fully saturated rings. The van der Waals surface area contributed by atoms with Crippen molar-refractivity contribution in [2.24, 2.45) is 0 Å². The Morgan fingerprint density at radius 3 is 2.33 bits per heavy atom. The Labute approximate surface area is 253 Å². The number of aliphatic hydroxyl groups is 1. The van der Waals surface area contributed by atoms with E-state index in [1.165, 1.54) is 0 Å². The van der Waals surface area contributed by atoms with Gasteiger partial charge in [-0.15, -0.1) is 0 Å². The molecule has 3 aromatic rings. The Morgan fingerprint density at radius 1 is 0.953 bits per heavy atom. The van der Waals surface area contributed by atoms with E-state index in [0.717, 1.165) is 36.3 Å². The predicted octanol–water partition coefficient (Wildman–Crippen LogP) is 5.51. The number of ketones is 1. The topological polar surface area (TPSA) is 88.5 Å². The number of carbonyl (C=O) groups is 2. The number of Topliss-reactive ketones (excluding diaryl/α,β-unsaturated/α-hetero) is 1. The van der Waals surface area contributed by atoms with Crippen LogP contribution >= 0.6 is 0 Å². The second kappa shape index (κ2) is 13.9. The maximum atomic E-state index is 13.5. The van der Waals surface area contributed by atoms with Crippen LogP contribution in [0.4, 0.5) is 0 Å². The van der Waals surface area contributed by atoms with E-state index in [-0.39, 0.29) is 17.4 Å². The number of amides is 1. The number of likely N-dealkylation sites (tertiary alicyclic amines) is 1. The van der Waals surface area contributed by atoms with Gasteiger partial charge in [0, 0.05) is 31.7 Å². The maximum Gasteiger partial charge on any atom is 0.295 e. The lowest BCUT2D eigenvalue weighted by Gasteiger charge is -2.29. The number of aliphatic hydroxyl groups excluding tert-OH is 1. The Balaban J connectivity index is 1.44. The van der Waals surface area contributed by atoms with Crippen LogP contribution in [0.3, 0.4) is 0 Å². The first-order chi connectivity index (χ1) is 20.8.